The molecule has 0 aliphatic carbocycles. The molecule has 29 heavy (non-hydrogen) atoms. The Hall–Kier alpha value is -1.83. The molecule has 1 aromatic carbocycles. The molecule has 0 spiro atoms. The van der Waals surface area contributed by atoms with Gasteiger partial charge in [0.05, 0.1) is 13.2 Å². The van der Waals surface area contributed by atoms with Crippen LogP contribution in [0.25, 0.3) is 0 Å². The third kappa shape index (κ3) is 7.83. The lowest BCUT2D eigenvalue weighted by molar-refractivity contribution is 0.108. The Labute approximate surface area is 179 Å². The van der Waals surface area contributed by atoms with E-state index < -0.39 is 8.07 Å². The molecule has 2 aromatic rings. The van der Waals surface area contributed by atoms with Crippen LogP contribution < -0.4 is 4.74 Å². The molecule has 0 bridgehead atoms. The lowest BCUT2D eigenvalue weighted by atomic mass is 10.1. The summed E-state index contributed by atoms with van der Waals surface area (Å²) in [6.07, 6.45) is 0.240. The van der Waals surface area contributed by atoms with Gasteiger partial charge in [-0.25, -0.2) is 4.79 Å². The second kappa shape index (κ2) is 10.8. The van der Waals surface area contributed by atoms with Crippen molar-refractivity contribution in [1.82, 2.24) is 4.90 Å². The predicted octanol–water partition coefficient (Wildman–Crippen LogP) is 5.47. The standard InChI is InChI=1S/C22H33NO4SSi/c1-17-15-19(9-8-18(17)16-24)27-20(21-7-6-13-28-21)10-11-23(2)22(25)26-12-14-29(3,4)5/h6-9,13,15,20,24H,10-12,14,16H2,1-5H3/t20-/m0/s1. The number of aliphatic hydroxyl groups is 1. The van der Waals surface area contributed by atoms with Gasteiger partial charge < -0.3 is 19.5 Å². The molecule has 0 saturated carbocycles. The Morgan fingerprint density at radius 2 is 2.03 bits per heavy atom. The molecule has 0 saturated heterocycles. The normalized spacial score (nSPS) is 12.5. The largest absolute Gasteiger partial charge is 0.485 e. The first kappa shape index (κ1) is 23.4. The first-order chi connectivity index (χ1) is 13.7. The molecule has 0 aliphatic rings. The molecular formula is C22H33NO4SSi. The van der Waals surface area contributed by atoms with E-state index in [0.29, 0.717) is 19.6 Å². The highest BCUT2D eigenvalue weighted by atomic mass is 32.1. The maximum Gasteiger partial charge on any atom is 0.409 e. The van der Waals surface area contributed by atoms with E-state index in [2.05, 4.69) is 25.7 Å². The maximum absolute atomic E-state index is 12.3. The zero-order valence-electron chi connectivity index (χ0n) is 18.1. The average Bonchev–Trinajstić information content (AvgIpc) is 3.18. The van der Waals surface area contributed by atoms with E-state index >= 15 is 0 Å². The minimum Gasteiger partial charge on any atom is -0.485 e. The number of carbonyl (C=O) groups is 1. The molecule has 1 heterocycles. The molecule has 0 radical (unpaired) electrons. The third-order valence-corrected chi connectivity index (χ3v) is 7.41. The van der Waals surface area contributed by atoms with Crippen molar-refractivity contribution in [2.24, 2.45) is 0 Å². The second-order valence-electron chi connectivity index (χ2n) is 8.50. The summed E-state index contributed by atoms with van der Waals surface area (Å²) in [5, 5.41) is 11.4. The number of benzene rings is 1. The van der Waals surface area contributed by atoms with Gasteiger partial charge in [0.1, 0.15) is 11.9 Å². The van der Waals surface area contributed by atoms with E-state index in [1.54, 1.807) is 23.3 Å². The van der Waals surface area contributed by atoms with Crippen LogP contribution in [0.2, 0.25) is 25.7 Å². The Kier molecular flexibility index (Phi) is 8.73. The number of nitrogens with zero attached hydrogens (tertiary/aromatic N) is 1. The highest BCUT2D eigenvalue weighted by molar-refractivity contribution is 7.10. The Morgan fingerprint density at radius 3 is 2.62 bits per heavy atom. The number of thiophene rings is 1. The highest BCUT2D eigenvalue weighted by Gasteiger charge is 2.19. The molecule has 7 heteroatoms. The summed E-state index contributed by atoms with van der Waals surface area (Å²) >= 11 is 1.64. The number of ether oxygens (including phenoxy) is 2. The molecule has 1 N–H and O–H groups in total. The summed E-state index contributed by atoms with van der Waals surface area (Å²) < 4.78 is 11.7. The van der Waals surface area contributed by atoms with Gasteiger partial charge in [0.2, 0.25) is 0 Å². The zero-order valence-corrected chi connectivity index (χ0v) is 19.9. The fourth-order valence-corrected chi connectivity index (χ4v) is 4.28. The van der Waals surface area contributed by atoms with Crippen molar-refractivity contribution < 1.29 is 19.4 Å². The van der Waals surface area contributed by atoms with E-state index in [0.717, 1.165) is 27.8 Å². The minimum atomic E-state index is -1.22. The van der Waals surface area contributed by atoms with Crippen LogP contribution >= 0.6 is 11.3 Å². The predicted molar refractivity (Wildman–Crippen MR) is 122 cm³/mol. The number of rotatable bonds is 10. The molecule has 1 amide bonds. The lowest BCUT2D eigenvalue weighted by Gasteiger charge is -2.23. The van der Waals surface area contributed by atoms with Crippen LogP contribution in [0, 0.1) is 6.92 Å². The van der Waals surface area contributed by atoms with Crippen LogP contribution in [0.5, 0.6) is 5.75 Å². The lowest BCUT2D eigenvalue weighted by Crippen LogP contribution is -2.31. The van der Waals surface area contributed by atoms with Crippen LogP contribution in [0.4, 0.5) is 4.79 Å². The Bertz CT molecular complexity index is 774. The van der Waals surface area contributed by atoms with E-state index in [9.17, 15) is 9.90 Å². The Morgan fingerprint density at radius 1 is 1.28 bits per heavy atom. The molecule has 160 valence electrons. The molecular weight excluding hydrogens is 402 g/mol. The number of hydrogen-bond donors (Lipinski definition) is 1. The molecule has 2 rings (SSSR count). The smallest absolute Gasteiger partial charge is 0.409 e. The summed E-state index contributed by atoms with van der Waals surface area (Å²) in [5.41, 5.74) is 1.89. The minimum absolute atomic E-state index is 0.0189. The molecule has 0 unspecified atom stereocenters. The fourth-order valence-electron chi connectivity index (χ4n) is 2.77. The van der Waals surface area contributed by atoms with Crippen molar-refractivity contribution in [2.45, 2.75) is 51.7 Å². The van der Waals surface area contributed by atoms with Crippen molar-refractivity contribution in [1.29, 1.82) is 0 Å². The maximum atomic E-state index is 12.3. The van der Waals surface area contributed by atoms with Crippen LogP contribution in [0.3, 0.4) is 0 Å². The number of aryl methyl sites for hydroxylation is 1. The molecule has 0 aliphatic heterocycles. The number of amides is 1. The average molecular weight is 436 g/mol. The van der Waals surface area contributed by atoms with Crippen LogP contribution in [0.1, 0.15) is 28.5 Å². The van der Waals surface area contributed by atoms with E-state index in [1.807, 2.05) is 36.6 Å². The first-order valence-corrected chi connectivity index (χ1v) is 14.6. The summed E-state index contributed by atoms with van der Waals surface area (Å²) in [5.74, 6) is 0.762. The molecule has 5 nitrogen and oxygen atoms in total. The Balaban J connectivity index is 1.95. The van der Waals surface area contributed by atoms with Crippen molar-refractivity contribution in [3.05, 3.63) is 51.7 Å². The monoisotopic (exact) mass is 435 g/mol. The van der Waals surface area contributed by atoms with Gasteiger partial charge in [-0.3, -0.25) is 0 Å². The molecule has 1 atom stereocenters. The van der Waals surface area contributed by atoms with Crippen molar-refractivity contribution in [3.63, 3.8) is 0 Å². The van der Waals surface area contributed by atoms with E-state index in [4.69, 9.17) is 9.47 Å². The fraction of sp³-hybridized carbons (Fsp3) is 0.500. The van der Waals surface area contributed by atoms with Crippen molar-refractivity contribution >= 4 is 25.5 Å². The van der Waals surface area contributed by atoms with Gasteiger partial charge in [0, 0.05) is 33.0 Å². The van der Waals surface area contributed by atoms with E-state index in [-0.39, 0.29) is 18.8 Å². The van der Waals surface area contributed by atoms with Crippen LogP contribution in [-0.2, 0) is 11.3 Å². The van der Waals surface area contributed by atoms with Gasteiger partial charge >= 0.3 is 6.09 Å². The van der Waals surface area contributed by atoms with Gasteiger partial charge in [-0.1, -0.05) is 31.8 Å². The second-order valence-corrected chi connectivity index (χ2v) is 15.1. The van der Waals surface area contributed by atoms with Gasteiger partial charge in [-0.05, 0) is 47.7 Å². The third-order valence-electron chi connectivity index (χ3n) is 4.74. The number of carbonyl (C=O) groups excluding carboxylic acids is 1. The number of hydrogen-bond acceptors (Lipinski definition) is 5. The summed E-state index contributed by atoms with van der Waals surface area (Å²) in [4.78, 5) is 15.0. The summed E-state index contributed by atoms with van der Waals surface area (Å²) in [7, 11) is 0.550. The number of aliphatic hydroxyl groups excluding tert-OH is 1. The highest BCUT2D eigenvalue weighted by Crippen LogP contribution is 2.29. The topological polar surface area (TPSA) is 59.0 Å². The van der Waals surface area contributed by atoms with Gasteiger partial charge in [-0.15, -0.1) is 11.3 Å². The van der Waals surface area contributed by atoms with Crippen LogP contribution in [0.15, 0.2) is 35.7 Å². The SMILES string of the molecule is Cc1cc(O[C@@H](CCN(C)C(=O)OCC[Si](C)(C)C)c2cccs2)ccc1CO. The molecule has 0 fully saturated rings. The van der Waals surface area contributed by atoms with Crippen LogP contribution in [-0.4, -0.2) is 44.4 Å². The van der Waals surface area contributed by atoms with E-state index in [1.165, 1.54) is 0 Å². The van der Waals surface area contributed by atoms with Crippen molar-refractivity contribution in [2.75, 3.05) is 20.2 Å². The quantitative estimate of drug-likeness (QED) is 0.503. The summed E-state index contributed by atoms with van der Waals surface area (Å²) in [6, 6.07) is 10.7. The van der Waals surface area contributed by atoms with Crippen molar-refractivity contribution in [3.8, 4) is 5.75 Å². The first-order valence-electron chi connectivity index (χ1n) is 9.98. The van der Waals surface area contributed by atoms with Gasteiger partial charge in [-0.2, -0.15) is 0 Å². The zero-order chi connectivity index (χ0) is 21.4. The van der Waals surface area contributed by atoms with Gasteiger partial charge in [0.25, 0.3) is 0 Å². The molecule has 1 aromatic heterocycles. The summed E-state index contributed by atoms with van der Waals surface area (Å²) in [6.45, 7) is 9.81. The van der Waals surface area contributed by atoms with Gasteiger partial charge in [0.15, 0.2) is 0 Å².